The van der Waals surface area contributed by atoms with Crippen LogP contribution in [0.2, 0.25) is 5.02 Å². The Hall–Kier alpha value is -2.59. The van der Waals surface area contributed by atoms with Crippen molar-refractivity contribution in [2.24, 2.45) is 12.0 Å². The fourth-order valence-electron chi connectivity index (χ4n) is 4.93. The molecule has 1 fully saturated rings. The first-order valence-corrected chi connectivity index (χ1v) is 13.0. The molecule has 10 heteroatoms. The van der Waals surface area contributed by atoms with Gasteiger partial charge in [-0.05, 0) is 38.0 Å². The van der Waals surface area contributed by atoms with Gasteiger partial charge in [0.2, 0.25) is 0 Å². The van der Waals surface area contributed by atoms with Gasteiger partial charge in [0.1, 0.15) is 11.9 Å². The lowest BCUT2D eigenvalue weighted by Gasteiger charge is -2.28. The second-order valence-electron chi connectivity index (χ2n) is 9.08. The van der Waals surface area contributed by atoms with Crippen molar-refractivity contribution >= 4 is 34.3 Å². The Balaban J connectivity index is 1.62. The molecule has 0 saturated carbocycles. The van der Waals surface area contributed by atoms with Gasteiger partial charge in [-0.2, -0.15) is 5.10 Å². The summed E-state index contributed by atoms with van der Waals surface area (Å²) in [4.78, 5) is 11.9. The van der Waals surface area contributed by atoms with Gasteiger partial charge in [-0.25, -0.2) is 9.37 Å². The molecule has 0 bridgehead atoms. The summed E-state index contributed by atoms with van der Waals surface area (Å²) in [6.07, 6.45) is 5.01. The van der Waals surface area contributed by atoms with Crippen LogP contribution in [-0.2, 0) is 7.05 Å². The third-order valence-corrected chi connectivity index (χ3v) is 7.66. The summed E-state index contributed by atoms with van der Waals surface area (Å²) in [6.45, 7) is 4.65. The van der Waals surface area contributed by atoms with Crippen LogP contribution in [-0.4, -0.2) is 55.3 Å². The molecule has 0 amide bonds. The van der Waals surface area contributed by atoms with E-state index in [4.69, 9.17) is 21.7 Å². The largest absolute Gasteiger partial charge is 0.393 e. The number of rotatable bonds is 8. The highest BCUT2D eigenvalue weighted by Gasteiger charge is 2.47. The third-order valence-electron chi connectivity index (χ3n) is 6.56. The minimum atomic E-state index is -0.483. The minimum absolute atomic E-state index is 0.314. The van der Waals surface area contributed by atoms with Crippen LogP contribution in [0.25, 0.3) is 5.57 Å². The Morgan fingerprint density at radius 3 is 2.74 bits per heavy atom. The Labute approximate surface area is 213 Å². The van der Waals surface area contributed by atoms with Crippen LogP contribution in [0.3, 0.4) is 0 Å². The second kappa shape index (κ2) is 9.81. The number of hydrogen-bond acceptors (Lipinski definition) is 7. The van der Waals surface area contributed by atoms with Crippen molar-refractivity contribution in [1.29, 1.82) is 0 Å². The van der Waals surface area contributed by atoms with Crippen molar-refractivity contribution in [3.8, 4) is 0 Å². The van der Waals surface area contributed by atoms with E-state index in [9.17, 15) is 9.50 Å². The van der Waals surface area contributed by atoms with Crippen molar-refractivity contribution in [1.82, 2.24) is 25.0 Å². The standard InChI is InChI=1S/C25H28ClFN6OS/c1-4-20-21(11-14(2)34)33(20)13-19-22(18-7-9-32(3)31-18)23(16-6-5-15(27)12-17(16)26)30-24(29-19)25-28-8-10-35-25/h5-10,12,14,20-21,23,34H,4,11,13H2,1-3H3,(H,29,30)/t14?,20?,21?,23-,33?/m0/s1. The van der Waals surface area contributed by atoms with Crippen LogP contribution in [0.5, 0.6) is 0 Å². The monoisotopic (exact) mass is 514 g/mol. The molecule has 5 rings (SSSR count). The second-order valence-corrected chi connectivity index (χ2v) is 10.4. The molecule has 4 unspecified atom stereocenters. The number of nitrogens with zero attached hydrogens (tertiary/aromatic N) is 5. The number of amidine groups is 1. The number of aliphatic hydroxyl groups excluding tert-OH is 1. The number of aliphatic imine (C=N–C) groups is 1. The van der Waals surface area contributed by atoms with Crippen LogP contribution in [0.1, 0.15) is 49.0 Å². The topological polar surface area (TPSA) is 78.3 Å². The van der Waals surface area contributed by atoms with E-state index >= 15 is 0 Å². The van der Waals surface area contributed by atoms with Crippen molar-refractivity contribution in [3.63, 3.8) is 0 Å². The summed E-state index contributed by atoms with van der Waals surface area (Å²) in [5, 5.41) is 21.2. The normalized spacial score (nSPS) is 24.8. The van der Waals surface area contributed by atoms with E-state index in [0.29, 0.717) is 35.1 Å². The van der Waals surface area contributed by atoms with Gasteiger partial charge in [0.15, 0.2) is 10.8 Å². The summed E-state index contributed by atoms with van der Waals surface area (Å²) in [7, 11) is 1.88. The lowest BCUT2D eigenvalue weighted by atomic mass is 9.93. The molecule has 0 spiro atoms. The molecule has 7 nitrogen and oxygen atoms in total. The van der Waals surface area contributed by atoms with Gasteiger partial charge in [-0.15, -0.1) is 11.3 Å². The molecule has 2 aliphatic heterocycles. The summed E-state index contributed by atoms with van der Waals surface area (Å²) in [5.74, 6) is 0.262. The number of nitrogens with one attached hydrogen (secondary N) is 1. The van der Waals surface area contributed by atoms with E-state index in [1.165, 1.54) is 23.5 Å². The lowest BCUT2D eigenvalue weighted by Crippen LogP contribution is -2.34. The number of thiazole rings is 1. The molecule has 1 aromatic carbocycles. The van der Waals surface area contributed by atoms with E-state index in [1.54, 1.807) is 16.9 Å². The summed E-state index contributed by atoms with van der Waals surface area (Å²) in [5.41, 5.74) is 3.35. The number of aryl methyl sites for hydroxylation is 1. The molecule has 0 aliphatic carbocycles. The SMILES string of the molecule is CCC1C(CC(C)O)N1CC1=C(c2ccn(C)n2)[C@H](c2ccc(F)cc2Cl)N=C(c2nccs2)N1. The highest BCUT2D eigenvalue weighted by atomic mass is 35.5. The zero-order valence-corrected chi connectivity index (χ0v) is 21.4. The third kappa shape index (κ3) is 4.91. The molecule has 2 N–H and O–H groups in total. The molecular weight excluding hydrogens is 487 g/mol. The van der Waals surface area contributed by atoms with Crippen LogP contribution in [0.4, 0.5) is 4.39 Å². The fourth-order valence-corrected chi connectivity index (χ4v) is 5.79. The zero-order valence-electron chi connectivity index (χ0n) is 19.8. The van der Waals surface area contributed by atoms with Crippen molar-refractivity contribution in [2.75, 3.05) is 6.54 Å². The molecule has 5 atom stereocenters. The average Bonchev–Trinajstić information content (AvgIpc) is 3.19. The number of halogens is 2. The molecule has 2 aliphatic rings. The quantitative estimate of drug-likeness (QED) is 0.435. The van der Waals surface area contributed by atoms with Gasteiger partial charge in [0.25, 0.3) is 0 Å². The van der Waals surface area contributed by atoms with E-state index in [1.807, 2.05) is 31.6 Å². The first-order valence-electron chi connectivity index (χ1n) is 11.7. The minimum Gasteiger partial charge on any atom is -0.393 e. The molecule has 0 radical (unpaired) electrons. The molecule has 3 aromatic rings. The van der Waals surface area contributed by atoms with Gasteiger partial charge in [-0.3, -0.25) is 14.6 Å². The van der Waals surface area contributed by atoms with E-state index in [0.717, 1.165) is 34.8 Å². The van der Waals surface area contributed by atoms with Crippen LogP contribution in [0, 0.1) is 5.82 Å². The zero-order chi connectivity index (χ0) is 24.7. The molecule has 1 saturated heterocycles. The van der Waals surface area contributed by atoms with Crippen molar-refractivity contribution in [3.05, 3.63) is 74.8 Å². The molecule has 184 valence electrons. The van der Waals surface area contributed by atoms with Gasteiger partial charge in [-0.1, -0.05) is 24.6 Å². The Kier molecular flexibility index (Phi) is 6.76. The molecule has 35 heavy (non-hydrogen) atoms. The number of aromatic nitrogens is 3. The van der Waals surface area contributed by atoms with E-state index in [-0.39, 0.29) is 6.10 Å². The first kappa shape index (κ1) is 24.1. The van der Waals surface area contributed by atoms with Crippen molar-refractivity contribution in [2.45, 2.75) is 50.9 Å². The predicted octanol–water partition coefficient (Wildman–Crippen LogP) is 4.41. The lowest BCUT2D eigenvalue weighted by molar-refractivity contribution is 0.178. The summed E-state index contributed by atoms with van der Waals surface area (Å²) in [6, 6.07) is 6.62. The maximum absolute atomic E-state index is 13.9. The highest BCUT2D eigenvalue weighted by Crippen LogP contribution is 2.43. The maximum atomic E-state index is 13.9. The Morgan fingerprint density at radius 2 is 2.11 bits per heavy atom. The first-order chi connectivity index (χ1) is 16.9. The molecule has 4 heterocycles. The smallest absolute Gasteiger partial charge is 0.163 e. The number of aliphatic hydroxyl groups is 1. The summed E-state index contributed by atoms with van der Waals surface area (Å²) < 4.78 is 15.7. The van der Waals surface area contributed by atoms with E-state index in [2.05, 4.69) is 22.1 Å². The van der Waals surface area contributed by atoms with E-state index < -0.39 is 11.9 Å². The Bertz CT molecular complexity index is 1270. The van der Waals surface area contributed by atoms with Gasteiger partial charge in [0, 0.05) is 65.3 Å². The molecular formula is C25H28ClFN6OS. The highest BCUT2D eigenvalue weighted by molar-refractivity contribution is 7.11. The van der Waals surface area contributed by atoms with Gasteiger partial charge >= 0.3 is 0 Å². The van der Waals surface area contributed by atoms with Crippen molar-refractivity contribution < 1.29 is 9.50 Å². The summed E-state index contributed by atoms with van der Waals surface area (Å²) >= 11 is 8.05. The Morgan fingerprint density at radius 1 is 1.29 bits per heavy atom. The van der Waals surface area contributed by atoms with Gasteiger partial charge in [0.05, 0.1) is 11.8 Å². The number of hydrogen-bond donors (Lipinski definition) is 2. The predicted molar refractivity (Wildman–Crippen MR) is 137 cm³/mol. The average molecular weight is 515 g/mol. The molecule has 2 aromatic heterocycles. The van der Waals surface area contributed by atoms with Gasteiger partial charge < -0.3 is 10.4 Å². The van der Waals surface area contributed by atoms with Crippen LogP contribution >= 0.6 is 22.9 Å². The van der Waals surface area contributed by atoms with Crippen LogP contribution in [0.15, 0.2) is 52.7 Å². The fraction of sp³-hybridized carbons (Fsp3) is 0.400. The number of benzene rings is 1. The maximum Gasteiger partial charge on any atom is 0.163 e. The van der Waals surface area contributed by atoms with Crippen LogP contribution < -0.4 is 5.32 Å².